The van der Waals surface area contributed by atoms with Gasteiger partial charge in [0.05, 0.1) is 16.9 Å². The minimum absolute atomic E-state index is 0.135. The highest BCUT2D eigenvalue weighted by Crippen LogP contribution is 2.41. The number of halogens is 3. The van der Waals surface area contributed by atoms with E-state index in [1.165, 1.54) is 36.7 Å². The molecule has 3 aromatic rings. The summed E-state index contributed by atoms with van der Waals surface area (Å²) in [7, 11) is 0. The van der Waals surface area contributed by atoms with Gasteiger partial charge < -0.3 is 4.74 Å². The number of carbonyl (C=O) groups is 2. The van der Waals surface area contributed by atoms with E-state index in [1.807, 2.05) is 30.3 Å². The molecule has 3 atom stereocenters. The van der Waals surface area contributed by atoms with Crippen LogP contribution in [0.1, 0.15) is 50.5 Å². The van der Waals surface area contributed by atoms with Crippen molar-refractivity contribution in [1.82, 2.24) is 0 Å². The Balaban J connectivity index is 1.13. The van der Waals surface area contributed by atoms with Gasteiger partial charge >= 0.3 is 5.97 Å². The van der Waals surface area contributed by atoms with Crippen molar-refractivity contribution in [3.63, 3.8) is 0 Å². The fourth-order valence-corrected chi connectivity index (χ4v) is 7.34. The molecule has 1 fully saturated rings. The number of rotatable bonds is 10. The van der Waals surface area contributed by atoms with E-state index in [4.69, 9.17) is 4.74 Å². The van der Waals surface area contributed by atoms with Crippen LogP contribution in [-0.4, -0.2) is 34.6 Å². The Kier molecular flexibility index (Phi) is 9.61. The van der Waals surface area contributed by atoms with Crippen molar-refractivity contribution in [2.75, 3.05) is 0 Å². The number of nitrogens with zero attached hydrogens (tertiary/aromatic N) is 2. The lowest BCUT2D eigenvalue weighted by molar-refractivity contribution is -0.145. The number of ether oxygens (including phenoxy) is 1. The van der Waals surface area contributed by atoms with Gasteiger partial charge in [0.15, 0.2) is 5.84 Å². The number of benzene rings is 3. The summed E-state index contributed by atoms with van der Waals surface area (Å²) in [5.74, 6) is -1.92. The van der Waals surface area contributed by atoms with Gasteiger partial charge in [-0.1, -0.05) is 92.2 Å². The second-order valence-electron chi connectivity index (χ2n) is 11.4. The SMILES string of the molecule is CC(C(=O)Sc1ccc(SC2=NC(C(F)F)=NC3OC(=O)C=C(CCCC4CC4)C23)cc1)c1ccc(-c2ccccc2)c(F)c1. The lowest BCUT2D eigenvalue weighted by Gasteiger charge is -2.33. The highest BCUT2D eigenvalue weighted by atomic mass is 32.2. The van der Waals surface area contributed by atoms with Gasteiger partial charge in [0.25, 0.3) is 6.43 Å². The number of esters is 1. The van der Waals surface area contributed by atoms with E-state index in [0.717, 1.165) is 46.6 Å². The number of thioether (sulfide) groups is 2. The van der Waals surface area contributed by atoms with Crippen molar-refractivity contribution in [1.29, 1.82) is 0 Å². The van der Waals surface area contributed by atoms with E-state index in [9.17, 15) is 22.8 Å². The van der Waals surface area contributed by atoms with Gasteiger partial charge in [-0.3, -0.25) is 4.79 Å². The molecule has 6 rings (SSSR count). The van der Waals surface area contributed by atoms with Crippen molar-refractivity contribution in [3.05, 3.63) is 95.8 Å². The van der Waals surface area contributed by atoms with Crippen LogP contribution < -0.4 is 0 Å². The molecule has 3 aromatic carbocycles. The average Bonchev–Trinajstić information content (AvgIpc) is 3.86. The van der Waals surface area contributed by atoms with Gasteiger partial charge in [-0.15, -0.1) is 0 Å². The molecule has 1 saturated carbocycles. The third-order valence-corrected chi connectivity index (χ3v) is 10.3. The summed E-state index contributed by atoms with van der Waals surface area (Å²) in [5, 5.41) is 0.270. The smallest absolute Gasteiger partial charge is 0.332 e. The van der Waals surface area contributed by atoms with Crippen LogP contribution in [0.5, 0.6) is 0 Å². The van der Waals surface area contributed by atoms with E-state index in [1.54, 1.807) is 43.3 Å². The number of alkyl halides is 2. The normalized spacial score (nSPS) is 20.1. The number of hydrogen-bond acceptors (Lipinski definition) is 7. The molecule has 0 bridgehead atoms. The highest BCUT2D eigenvalue weighted by molar-refractivity contribution is 8.14. The molecule has 3 aliphatic rings. The molecule has 232 valence electrons. The van der Waals surface area contributed by atoms with Crippen molar-refractivity contribution in [3.8, 4) is 11.1 Å². The first-order valence-corrected chi connectivity index (χ1v) is 16.6. The second kappa shape index (κ2) is 13.8. The number of hydrogen-bond donors (Lipinski definition) is 0. The summed E-state index contributed by atoms with van der Waals surface area (Å²) in [4.78, 5) is 35.0. The van der Waals surface area contributed by atoms with E-state index in [0.29, 0.717) is 27.5 Å². The van der Waals surface area contributed by atoms with E-state index >= 15 is 0 Å². The summed E-state index contributed by atoms with van der Waals surface area (Å²) in [6, 6.07) is 21.3. The van der Waals surface area contributed by atoms with Crippen molar-refractivity contribution >= 4 is 45.5 Å². The van der Waals surface area contributed by atoms with Gasteiger partial charge in [0, 0.05) is 21.4 Å². The maximum Gasteiger partial charge on any atom is 0.332 e. The molecule has 10 heteroatoms. The molecule has 45 heavy (non-hydrogen) atoms. The van der Waals surface area contributed by atoms with Crippen LogP contribution in [-0.2, 0) is 14.3 Å². The zero-order chi connectivity index (χ0) is 31.5. The van der Waals surface area contributed by atoms with Gasteiger partial charge in [-0.25, -0.2) is 28.0 Å². The first-order chi connectivity index (χ1) is 21.7. The largest absolute Gasteiger partial charge is 0.435 e. The van der Waals surface area contributed by atoms with Crippen molar-refractivity contribution < 1.29 is 27.5 Å². The predicted octanol–water partition coefficient (Wildman–Crippen LogP) is 9.09. The molecule has 5 nitrogen and oxygen atoms in total. The van der Waals surface area contributed by atoms with Gasteiger partial charge in [0.1, 0.15) is 5.82 Å². The number of carbonyl (C=O) groups excluding carboxylic acids is 2. The Hall–Kier alpha value is -3.63. The van der Waals surface area contributed by atoms with Crippen molar-refractivity contribution in [2.45, 2.75) is 67.4 Å². The highest BCUT2D eigenvalue weighted by Gasteiger charge is 2.41. The third kappa shape index (κ3) is 7.61. The minimum atomic E-state index is -2.90. The molecule has 1 aliphatic carbocycles. The fraction of sp³-hybridized carbons (Fsp3) is 0.314. The first-order valence-electron chi connectivity index (χ1n) is 14.9. The van der Waals surface area contributed by atoms with Crippen molar-refractivity contribution in [2.24, 2.45) is 21.8 Å². The number of aliphatic imine (C=N–C) groups is 2. The van der Waals surface area contributed by atoms with Gasteiger partial charge in [-0.2, -0.15) is 0 Å². The van der Waals surface area contributed by atoms with Crippen LogP contribution in [0, 0.1) is 17.7 Å². The maximum atomic E-state index is 14.9. The Morgan fingerprint density at radius 1 is 1.02 bits per heavy atom. The predicted molar refractivity (Wildman–Crippen MR) is 172 cm³/mol. The molecule has 3 unspecified atom stereocenters. The van der Waals surface area contributed by atoms with Crippen LogP contribution in [0.25, 0.3) is 11.1 Å². The van der Waals surface area contributed by atoms with Crippen LogP contribution in [0.2, 0.25) is 0 Å². The number of fused-ring (bicyclic) bond motifs is 1. The molecule has 0 radical (unpaired) electrons. The molecule has 0 aromatic heterocycles. The van der Waals surface area contributed by atoms with Gasteiger partial charge in [0.2, 0.25) is 11.3 Å². The summed E-state index contributed by atoms with van der Waals surface area (Å²) in [6.07, 6.45) is 2.58. The summed E-state index contributed by atoms with van der Waals surface area (Å²) >= 11 is 2.29. The van der Waals surface area contributed by atoms with Gasteiger partial charge in [-0.05, 0) is 65.8 Å². The Labute approximate surface area is 268 Å². The standard InChI is InChI=1S/C35H31F3N2O3S2/c1-20(23-12-17-27(28(36)18-23)22-7-3-2-4-8-22)35(42)45-26-15-13-25(14-16-26)44-34-30-24(9-5-6-21-10-11-21)19-29(41)43-33(30)39-32(40-34)31(37)38/h2-4,7-8,12-21,30-31,33H,5-6,9-11H2,1H3. The number of amidine groups is 1. The Morgan fingerprint density at radius 2 is 1.76 bits per heavy atom. The van der Waals surface area contributed by atoms with Crippen LogP contribution in [0.3, 0.4) is 0 Å². The monoisotopic (exact) mass is 648 g/mol. The molecular formula is C35H31F3N2O3S2. The molecule has 2 aliphatic heterocycles. The third-order valence-electron chi connectivity index (χ3n) is 8.14. The summed E-state index contributed by atoms with van der Waals surface area (Å²) < 4.78 is 47.7. The van der Waals surface area contributed by atoms with E-state index < -0.39 is 36.3 Å². The molecular weight excluding hydrogens is 618 g/mol. The topological polar surface area (TPSA) is 68.1 Å². The molecule has 0 amide bonds. The van der Waals surface area contributed by atoms with E-state index in [2.05, 4.69) is 9.98 Å². The zero-order valence-corrected chi connectivity index (χ0v) is 26.1. The fourth-order valence-electron chi connectivity index (χ4n) is 5.48. The first kappa shape index (κ1) is 31.4. The van der Waals surface area contributed by atoms with Crippen LogP contribution in [0.15, 0.2) is 104 Å². The molecule has 0 spiro atoms. The summed E-state index contributed by atoms with van der Waals surface area (Å²) in [6.45, 7) is 1.75. The average molecular weight is 649 g/mol. The maximum absolute atomic E-state index is 14.9. The molecule has 0 N–H and O–H groups in total. The minimum Gasteiger partial charge on any atom is -0.435 e. The lowest BCUT2D eigenvalue weighted by Crippen LogP contribution is -2.39. The zero-order valence-electron chi connectivity index (χ0n) is 24.5. The molecule has 2 heterocycles. The van der Waals surface area contributed by atoms with Crippen LogP contribution >= 0.6 is 23.5 Å². The Bertz CT molecular complexity index is 1670. The summed E-state index contributed by atoms with van der Waals surface area (Å²) in [5.41, 5.74) is 2.64. The quantitative estimate of drug-likeness (QED) is 0.162. The Morgan fingerprint density at radius 3 is 2.44 bits per heavy atom. The van der Waals surface area contributed by atoms with Crippen LogP contribution in [0.4, 0.5) is 13.2 Å². The second-order valence-corrected chi connectivity index (χ2v) is 13.6. The molecule has 0 saturated heterocycles. The van der Waals surface area contributed by atoms with E-state index in [-0.39, 0.29) is 10.9 Å². The lowest BCUT2D eigenvalue weighted by atomic mass is 9.90.